The Morgan fingerprint density at radius 1 is 0.784 bits per heavy atom. The average molecular weight is 513 g/mol. The van der Waals surface area contributed by atoms with Crippen molar-refractivity contribution in [2.24, 2.45) is 0 Å². The third-order valence-electron chi connectivity index (χ3n) is 5.79. The maximum atomic E-state index is 13.5. The monoisotopic (exact) mass is 512 g/mol. The van der Waals surface area contributed by atoms with E-state index in [0.29, 0.717) is 11.1 Å². The lowest BCUT2D eigenvalue weighted by Gasteiger charge is -2.24. The van der Waals surface area contributed by atoms with Crippen LogP contribution in [0.4, 0.5) is 5.69 Å². The van der Waals surface area contributed by atoms with Crippen molar-refractivity contribution < 1.29 is 18.4 Å². The topological polar surface area (TPSA) is 101 Å². The van der Waals surface area contributed by atoms with Gasteiger partial charge in [-0.25, -0.2) is 8.42 Å². The maximum absolute atomic E-state index is 13.5. The summed E-state index contributed by atoms with van der Waals surface area (Å²) in [5.41, 5.74) is 0.00120. The van der Waals surface area contributed by atoms with Crippen LogP contribution in [-0.4, -0.2) is 29.3 Å². The summed E-state index contributed by atoms with van der Waals surface area (Å²) in [6, 6.07) is 31.7. The molecule has 0 saturated carbocycles. The van der Waals surface area contributed by atoms with Crippen LogP contribution in [0.3, 0.4) is 0 Å². The summed E-state index contributed by atoms with van der Waals surface area (Å²) in [6.07, 6.45) is 0. The Hall–Kier alpha value is -4.29. The first-order chi connectivity index (χ1) is 17.8. The molecule has 186 valence electrons. The Bertz CT molecular complexity index is 1470. The van der Waals surface area contributed by atoms with E-state index in [4.69, 9.17) is 0 Å². The highest BCUT2D eigenvalue weighted by Crippen LogP contribution is 2.29. The second-order valence-electron chi connectivity index (χ2n) is 8.25. The normalized spacial score (nSPS) is 11.5. The third-order valence-corrected chi connectivity index (χ3v) is 7.60. The number of rotatable bonds is 8. The Balaban J connectivity index is 1.72. The number of benzene rings is 4. The van der Waals surface area contributed by atoms with Crippen LogP contribution < -0.4 is 0 Å². The second kappa shape index (κ2) is 11.2. The molecule has 0 amide bonds. The highest BCUT2D eigenvalue weighted by atomic mass is 32.2. The highest BCUT2D eigenvalue weighted by Gasteiger charge is 2.30. The predicted octanol–water partition coefficient (Wildman–Crippen LogP) is 4.73. The standard InChI is InChI=1S/C29H24N2O5S/c32-29(25-13-6-2-7-14-25,26-15-8-3-9-16-26)21-10-22-30(23-24-11-4-1-5-12-24)37(35,36)28-19-17-27(18-20-28)31(33)34/h1-9,11-20,32H,22-23H2. The molecule has 8 heteroatoms. The molecule has 0 aliphatic heterocycles. The van der Waals surface area contributed by atoms with Crippen molar-refractivity contribution in [2.75, 3.05) is 6.54 Å². The predicted molar refractivity (Wildman–Crippen MR) is 141 cm³/mol. The molecule has 0 heterocycles. The van der Waals surface area contributed by atoms with E-state index in [1.54, 1.807) is 72.8 Å². The van der Waals surface area contributed by atoms with Gasteiger partial charge in [0.15, 0.2) is 5.60 Å². The molecule has 0 bridgehead atoms. The molecule has 0 atom stereocenters. The molecule has 1 N–H and O–H groups in total. The quantitative estimate of drug-likeness (QED) is 0.209. The van der Waals surface area contributed by atoms with Gasteiger partial charge < -0.3 is 5.11 Å². The molecule has 0 spiro atoms. The number of sulfonamides is 1. The van der Waals surface area contributed by atoms with E-state index in [-0.39, 0.29) is 23.7 Å². The van der Waals surface area contributed by atoms with Gasteiger partial charge in [0.25, 0.3) is 5.69 Å². The molecule has 0 saturated heterocycles. The van der Waals surface area contributed by atoms with Gasteiger partial charge in [0, 0.05) is 29.8 Å². The zero-order chi connectivity index (χ0) is 26.3. The molecule has 4 aromatic carbocycles. The van der Waals surface area contributed by atoms with Crippen molar-refractivity contribution in [3.05, 3.63) is 142 Å². The Morgan fingerprint density at radius 2 is 1.27 bits per heavy atom. The van der Waals surface area contributed by atoms with E-state index in [9.17, 15) is 23.6 Å². The summed E-state index contributed by atoms with van der Waals surface area (Å²) in [4.78, 5) is 10.3. The summed E-state index contributed by atoms with van der Waals surface area (Å²) in [5, 5.41) is 22.7. The molecule has 0 radical (unpaired) electrons. The lowest BCUT2D eigenvalue weighted by molar-refractivity contribution is -0.384. The fourth-order valence-corrected chi connectivity index (χ4v) is 5.16. The summed E-state index contributed by atoms with van der Waals surface area (Å²) < 4.78 is 28.3. The van der Waals surface area contributed by atoms with Crippen LogP contribution >= 0.6 is 0 Å². The van der Waals surface area contributed by atoms with Gasteiger partial charge in [-0.15, -0.1) is 0 Å². The molecule has 37 heavy (non-hydrogen) atoms. The largest absolute Gasteiger partial charge is 0.369 e. The van der Waals surface area contributed by atoms with Gasteiger partial charge in [0.1, 0.15) is 0 Å². The summed E-state index contributed by atoms with van der Waals surface area (Å²) in [7, 11) is -4.06. The van der Waals surface area contributed by atoms with Crippen molar-refractivity contribution >= 4 is 15.7 Å². The number of hydrogen-bond donors (Lipinski definition) is 1. The molecule has 4 rings (SSSR count). The summed E-state index contributed by atoms with van der Waals surface area (Å²) in [5.74, 6) is 5.79. The molecular formula is C29H24N2O5S. The van der Waals surface area contributed by atoms with Crippen LogP contribution in [0.2, 0.25) is 0 Å². The van der Waals surface area contributed by atoms with Crippen LogP contribution in [0.5, 0.6) is 0 Å². The Kier molecular flexibility index (Phi) is 7.80. The minimum absolute atomic E-state index is 0.0317. The molecular weight excluding hydrogens is 488 g/mol. The van der Waals surface area contributed by atoms with Gasteiger partial charge in [0.2, 0.25) is 10.0 Å². The Labute approximate surface area is 215 Å². The number of nitrogens with zero attached hydrogens (tertiary/aromatic N) is 2. The molecule has 0 aliphatic carbocycles. The molecule has 7 nitrogen and oxygen atoms in total. The lowest BCUT2D eigenvalue weighted by atomic mass is 9.87. The fourth-order valence-electron chi connectivity index (χ4n) is 3.83. The van der Waals surface area contributed by atoms with E-state index >= 15 is 0 Å². The van der Waals surface area contributed by atoms with E-state index < -0.39 is 20.5 Å². The van der Waals surface area contributed by atoms with E-state index in [2.05, 4.69) is 11.8 Å². The molecule has 0 aromatic heterocycles. The van der Waals surface area contributed by atoms with Crippen molar-refractivity contribution in [2.45, 2.75) is 17.0 Å². The summed E-state index contributed by atoms with van der Waals surface area (Å²) >= 11 is 0. The van der Waals surface area contributed by atoms with Crippen LogP contribution in [0.15, 0.2) is 120 Å². The smallest absolute Gasteiger partial charge is 0.269 e. The Morgan fingerprint density at radius 3 is 1.76 bits per heavy atom. The first-order valence-electron chi connectivity index (χ1n) is 11.4. The van der Waals surface area contributed by atoms with Crippen LogP contribution in [-0.2, 0) is 22.2 Å². The van der Waals surface area contributed by atoms with Gasteiger partial charge in [0.05, 0.1) is 16.4 Å². The summed E-state index contributed by atoms with van der Waals surface area (Å²) in [6.45, 7) is -0.180. The third kappa shape index (κ3) is 5.93. The van der Waals surface area contributed by atoms with Crippen LogP contribution in [0.25, 0.3) is 0 Å². The highest BCUT2D eigenvalue weighted by molar-refractivity contribution is 7.89. The first-order valence-corrected chi connectivity index (χ1v) is 12.9. The number of hydrogen-bond acceptors (Lipinski definition) is 5. The van der Waals surface area contributed by atoms with Crippen molar-refractivity contribution in [3.63, 3.8) is 0 Å². The minimum atomic E-state index is -4.06. The van der Waals surface area contributed by atoms with Gasteiger partial charge in [-0.1, -0.05) is 103 Å². The van der Waals surface area contributed by atoms with Crippen molar-refractivity contribution in [1.82, 2.24) is 4.31 Å². The van der Waals surface area contributed by atoms with Crippen molar-refractivity contribution in [3.8, 4) is 11.8 Å². The van der Waals surface area contributed by atoms with E-state index in [1.807, 2.05) is 18.2 Å². The lowest BCUT2D eigenvalue weighted by Crippen LogP contribution is -2.32. The molecule has 0 unspecified atom stereocenters. The van der Waals surface area contributed by atoms with Gasteiger partial charge in [-0.2, -0.15) is 4.31 Å². The van der Waals surface area contributed by atoms with E-state index in [1.165, 1.54) is 16.4 Å². The van der Waals surface area contributed by atoms with E-state index in [0.717, 1.165) is 17.7 Å². The zero-order valence-corrected chi connectivity index (χ0v) is 20.6. The number of nitro benzene ring substituents is 1. The SMILES string of the molecule is O=[N+]([O-])c1ccc(S(=O)(=O)N(CC#CC(O)(c2ccccc2)c2ccccc2)Cc2ccccc2)cc1. The minimum Gasteiger partial charge on any atom is -0.369 e. The number of aliphatic hydroxyl groups is 1. The molecule has 0 fully saturated rings. The number of non-ortho nitro benzene ring substituents is 1. The number of nitro groups is 1. The van der Waals surface area contributed by atoms with Crippen molar-refractivity contribution in [1.29, 1.82) is 0 Å². The second-order valence-corrected chi connectivity index (χ2v) is 10.2. The van der Waals surface area contributed by atoms with Crippen LogP contribution in [0.1, 0.15) is 16.7 Å². The van der Waals surface area contributed by atoms with Gasteiger partial charge >= 0.3 is 0 Å². The first kappa shape index (κ1) is 25.8. The van der Waals surface area contributed by atoms with Gasteiger partial charge in [-0.3, -0.25) is 10.1 Å². The zero-order valence-electron chi connectivity index (χ0n) is 19.8. The fraction of sp³-hybridized carbons (Fsp3) is 0.103. The molecule has 4 aromatic rings. The maximum Gasteiger partial charge on any atom is 0.269 e. The van der Waals surface area contributed by atoms with Gasteiger partial charge in [-0.05, 0) is 17.7 Å². The van der Waals surface area contributed by atoms with Crippen LogP contribution in [0, 0.1) is 22.0 Å². The molecule has 0 aliphatic rings. The average Bonchev–Trinajstić information content (AvgIpc) is 2.94.